The van der Waals surface area contributed by atoms with E-state index in [0.717, 1.165) is 16.9 Å². The second kappa shape index (κ2) is 3.01. The number of hydrogen-bond donors (Lipinski definition) is 2. The van der Waals surface area contributed by atoms with Gasteiger partial charge in [-0.2, -0.15) is 0 Å². The zero-order valence-corrected chi connectivity index (χ0v) is 7.53. The SMILES string of the molecule is COc1cccc2c1CC(O)C2N. The molecule has 1 aromatic rings. The van der Waals surface area contributed by atoms with E-state index in [1.807, 2.05) is 18.2 Å². The molecule has 0 amide bonds. The van der Waals surface area contributed by atoms with Crippen LogP contribution in [0.5, 0.6) is 5.75 Å². The highest BCUT2D eigenvalue weighted by molar-refractivity contribution is 5.46. The zero-order chi connectivity index (χ0) is 9.42. The van der Waals surface area contributed by atoms with Gasteiger partial charge in [0.1, 0.15) is 5.75 Å². The monoisotopic (exact) mass is 179 g/mol. The lowest BCUT2D eigenvalue weighted by molar-refractivity contribution is 0.158. The van der Waals surface area contributed by atoms with Crippen molar-refractivity contribution in [2.75, 3.05) is 7.11 Å². The highest BCUT2D eigenvalue weighted by Crippen LogP contribution is 2.35. The maximum Gasteiger partial charge on any atom is 0.122 e. The topological polar surface area (TPSA) is 55.5 Å². The molecule has 1 aliphatic rings. The Kier molecular flexibility index (Phi) is 1.98. The molecular weight excluding hydrogens is 166 g/mol. The minimum absolute atomic E-state index is 0.259. The Balaban J connectivity index is 2.49. The van der Waals surface area contributed by atoms with Gasteiger partial charge in [0, 0.05) is 12.0 Å². The minimum atomic E-state index is -0.466. The molecule has 0 heterocycles. The average molecular weight is 179 g/mol. The highest BCUT2D eigenvalue weighted by atomic mass is 16.5. The van der Waals surface area contributed by atoms with Gasteiger partial charge in [-0.05, 0) is 11.6 Å². The van der Waals surface area contributed by atoms with Crippen molar-refractivity contribution in [1.29, 1.82) is 0 Å². The normalized spacial score (nSPS) is 25.8. The number of fused-ring (bicyclic) bond motifs is 1. The molecule has 1 aliphatic carbocycles. The van der Waals surface area contributed by atoms with Crippen LogP contribution in [0.4, 0.5) is 0 Å². The molecule has 0 saturated carbocycles. The predicted molar refractivity (Wildman–Crippen MR) is 49.6 cm³/mol. The summed E-state index contributed by atoms with van der Waals surface area (Å²) in [5.74, 6) is 0.824. The summed E-state index contributed by atoms with van der Waals surface area (Å²) in [5.41, 5.74) is 7.86. The van der Waals surface area contributed by atoms with Gasteiger partial charge in [0.15, 0.2) is 0 Å². The van der Waals surface area contributed by atoms with Crippen molar-refractivity contribution >= 4 is 0 Å². The summed E-state index contributed by atoms with van der Waals surface area (Å²) >= 11 is 0. The van der Waals surface area contributed by atoms with E-state index in [9.17, 15) is 5.11 Å². The molecule has 3 N–H and O–H groups in total. The summed E-state index contributed by atoms with van der Waals surface area (Å²) in [4.78, 5) is 0. The maximum absolute atomic E-state index is 9.56. The van der Waals surface area contributed by atoms with Crippen molar-refractivity contribution in [3.05, 3.63) is 29.3 Å². The van der Waals surface area contributed by atoms with Crippen LogP contribution in [0.25, 0.3) is 0 Å². The van der Waals surface area contributed by atoms with Crippen LogP contribution in [-0.2, 0) is 6.42 Å². The Hall–Kier alpha value is -1.06. The first-order valence-corrected chi connectivity index (χ1v) is 4.33. The van der Waals surface area contributed by atoms with Crippen LogP contribution < -0.4 is 10.5 Å². The summed E-state index contributed by atoms with van der Waals surface area (Å²) in [6.07, 6.45) is 0.131. The molecule has 0 spiro atoms. The fraction of sp³-hybridized carbons (Fsp3) is 0.400. The van der Waals surface area contributed by atoms with Crippen LogP contribution in [0.2, 0.25) is 0 Å². The van der Waals surface area contributed by atoms with Crippen LogP contribution in [-0.4, -0.2) is 18.3 Å². The van der Waals surface area contributed by atoms with Crippen LogP contribution >= 0.6 is 0 Å². The number of nitrogens with two attached hydrogens (primary N) is 1. The van der Waals surface area contributed by atoms with Gasteiger partial charge in [0.25, 0.3) is 0 Å². The van der Waals surface area contributed by atoms with Crippen molar-refractivity contribution in [3.8, 4) is 5.75 Å². The van der Waals surface area contributed by atoms with Crippen molar-refractivity contribution in [1.82, 2.24) is 0 Å². The lowest BCUT2D eigenvalue weighted by atomic mass is 10.1. The van der Waals surface area contributed by atoms with Crippen LogP contribution in [0, 0.1) is 0 Å². The molecule has 2 unspecified atom stereocenters. The smallest absolute Gasteiger partial charge is 0.122 e. The Morgan fingerprint density at radius 2 is 2.31 bits per heavy atom. The number of hydrogen-bond acceptors (Lipinski definition) is 3. The van der Waals surface area contributed by atoms with E-state index in [0.29, 0.717) is 6.42 Å². The van der Waals surface area contributed by atoms with Crippen molar-refractivity contribution < 1.29 is 9.84 Å². The quantitative estimate of drug-likeness (QED) is 0.664. The van der Waals surface area contributed by atoms with E-state index in [-0.39, 0.29) is 6.04 Å². The molecule has 13 heavy (non-hydrogen) atoms. The molecule has 0 bridgehead atoms. The van der Waals surface area contributed by atoms with E-state index in [1.165, 1.54) is 0 Å². The molecule has 70 valence electrons. The van der Waals surface area contributed by atoms with Gasteiger partial charge < -0.3 is 15.6 Å². The number of rotatable bonds is 1. The molecule has 2 rings (SSSR count). The van der Waals surface area contributed by atoms with E-state index < -0.39 is 6.10 Å². The van der Waals surface area contributed by atoms with E-state index in [2.05, 4.69) is 0 Å². The maximum atomic E-state index is 9.56. The summed E-state index contributed by atoms with van der Waals surface area (Å²) in [5, 5.41) is 9.56. The average Bonchev–Trinajstić information content (AvgIpc) is 2.43. The Bertz CT molecular complexity index is 325. The number of methoxy groups -OCH3 is 1. The summed E-state index contributed by atoms with van der Waals surface area (Å²) in [6.45, 7) is 0. The van der Waals surface area contributed by atoms with Crippen LogP contribution in [0.3, 0.4) is 0 Å². The first kappa shape index (κ1) is 8.53. The molecule has 1 aromatic carbocycles. The third-order valence-corrected chi connectivity index (χ3v) is 2.58. The second-order valence-electron chi connectivity index (χ2n) is 3.33. The first-order chi connectivity index (χ1) is 6.24. The molecule has 2 atom stereocenters. The molecule has 0 aromatic heterocycles. The van der Waals surface area contributed by atoms with Crippen molar-refractivity contribution in [2.24, 2.45) is 5.73 Å². The largest absolute Gasteiger partial charge is 0.496 e. The Labute approximate surface area is 77.1 Å². The highest BCUT2D eigenvalue weighted by Gasteiger charge is 2.29. The van der Waals surface area contributed by atoms with E-state index >= 15 is 0 Å². The van der Waals surface area contributed by atoms with Crippen LogP contribution in [0.15, 0.2) is 18.2 Å². The number of aliphatic hydroxyl groups is 1. The third-order valence-electron chi connectivity index (χ3n) is 2.58. The van der Waals surface area contributed by atoms with E-state index in [1.54, 1.807) is 7.11 Å². The third kappa shape index (κ3) is 1.20. The molecule has 3 heteroatoms. The van der Waals surface area contributed by atoms with Crippen molar-refractivity contribution in [2.45, 2.75) is 18.6 Å². The van der Waals surface area contributed by atoms with Gasteiger partial charge in [0.2, 0.25) is 0 Å². The lowest BCUT2D eigenvalue weighted by Crippen LogP contribution is -2.21. The standard InChI is InChI=1S/C10H13NO2/c1-13-9-4-2-3-6-7(9)5-8(12)10(6)11/h2-4,8,10,12H,5,11H2,1H3. The van der Waals surface area contributed by atoms with E-state index in [4.69, 9.17) is 10.5 Å². The zero-order valence-electron chi connectivity index (χ0n) is 7.53. The number of aliphatic hydroxyl groups excluding tert-OH is 1. The molecule has 0 saturated heterocycles. The molecule has 0 aliphatic heterocycles. The summed E-state index contributed by atoms with van der Waals surface area (Å²) in [6, 6.07) is 5.47. The molecule has 0 radical (unpaired) electrons. The van der Waals surface area contributed by atoms with Gasteiger partial charge in [-0.15, -0.1) is 0 Å². The number of benzene rings is 1. The van der Waals surface area contributed by atoms with Gasteiger partial charge in [-0.25, -0.2) is 0 Å². The van der Waals surface area contributed by atoms with Gasteiger partial charge in [0.05, 0.1) is 19.3 Å². The predicted octanol–water partition coefficient (Wildman–Crippen LogP) is 0.612. The first-order valence-electron chi connectivity index (χ1n) is 4.33. The Morgan fingerprint density at radius 1 is 1.54 bits per heavy atom. The molecule has 0 fully saturated rings. The fourth-order valence-corrected chi connectivity index (χ4v) is 1.85. The van der Waals surface area contributed by atoms with Gasteiger partial charge in [-0.1, -0.05) is 12.1 Å². The minimum Gasteiger partial charge on any atom is -0.496 e. The van der Waals surface area contributed by atoms with Gasteiger partial charge in [-0.3, -0.25) is 0 Å². The molecule has 3 nitrogen and oxygen atoms in total. The fourth-order valence-electron chi connectivity index (χ4n) is 1.85. The second-order valence-corrected chi connectivity index (χ2v) is 3.33. The van der Waals surface area contributed by atoms with Crippen molar-refractivity contribution in [3.63, 3.8) is 0 Å². The molecular formula is C10H13NO2. The van der Waals surface area contributed by atoms with Crippen LogP contribution in [0.1, 0.15) is 17.2 Å². The number of ether oxygens (including phenoxy) is 1. The summed E-state index contributed by atoms with van der Waals surface area (Å²) in [7, 11) is 1.63. The van der Waals surface area contributed by atoms with Gasteiger partial charge >= 0.3 is 0 Å². The summed E-state index contributed by atoms with van der Waals surface area (Å²) < 4.78 is 5.19. The Morgan fingerprint density at radius 3 is 3.00 bits per heavy atom. The lowest BCUT2D eigenvalue weighted by Gasteiger charge is -2.08.